The zero-order valence-electron chi connectivity index (χ0n) is 9.31. The van der Waals surface area contributed by atoms with Crippen molar-refractivity contribution < 1.29 is 16.5 Å². The molecule has 3 nitrogen and oxygen atoms in total. The predicted molar refractivity (Wildman–Crippen MR) is 60.3 cm³/mol. The lowest BCUT2D eigenvalue weighted by Crippen LogP contribution is -2.01. The third-order valence-corrected chi connectivity index (χ3v) is 2.50. The average Bonchev–Trinajstić information content (AvgIpc) is 2.12. The van der Waals surface area contributed by atoms with E-state index in [9.17, 15) is 12.3 Å². The molecule has 1 aromatic rings. The van der Waals surface area contributed by atoms with Gasteiger partial charge in [0.05, 0.1) is 0 Å². The molecule has 0 saturated heterocycles. The van der Waals surface area contributed by atoms with E-state index < -0.39 is 10.5 Å². The van der Waals surface area contributed by atoms with Gasteiger partial charge in [-0.15, -0.1) is 0 Å². The minimum Gasteiger partial charge on any atom is -0.358 e. The van der Waals surface area contributed by atoms with E-state index in [-0.39, 0.29) is 5.75 Å². The molecule has 0 amide bonds. The van der Waals surface area contributed by atoms with Gasteiger partial charge in [0.1, 0.15) is 5.75 Å². The van der Waals surface area contributed by atoms with Gasteiger partial charge in [-0.05, 0) is 36.5 Å². The highest BCUT2D eigenvalue weighted by Gasteiger charge is 2.09. The molecule has 0 aromatic heterocycles. The van der Waals surface area contributed by atoms with Crippen molar-refractivity contribution in [2.45, 2.75) is 26.7 Å². The van der Waals surface area contributed by atoms with Crippen molar-refractivity contribution in [3.63, 3.8) is 0 Å². The van der Waals surface area contributed by atoms with Crippen LogP contribution in [-0.2, 0) is 16.9 Å². The molecule has 0 aliphatic heterocycles. The van der Waals surface area contributed by atoms with E-state index in [1.54, 1.807) is 12.1 Å². The first-order valence-corrected chi connectivity index (χ1v) is 6.40. The van der Waals surface area contributed by atoms with Crippen molar-refractivity contribution in [1.82, 2.24) is 0 Å². The molecule has 90 valence electrons. The second-order valence-corrected chi connectivity index (χ2v) is 5.01. The van der Waals surface area contributed by atoms with Crippen LogP contribution in [0.3, 0.4) is 0 Å². The third kappa shape index (κ3) is 5.11. The normalized spacial score (nSPS) is 11.8. The van der Waals surface area contributed by atoms with Gasteiger partial charge in [-0.25, -0.2) is 0 Å². The summed E-state index contributed by atoms with van der Waals surface area (Å²) in [7, 11) is -4.93. The molecule has 0 spiro atoms. The SMILES string of the molecule is CC(C)CCc1cccc(OS(=O)(=O)F)c1. The van der Waals surface area contributed by atoms with Gasteiger partial charge in [0.2, 0.25) is 0 Å². The molecule has 0 atom stereocenters. The lowest BCUT2D eigenvalue weighted by Gasteiger charge is -2.06. The number of benzene rings is 1. The summed E-state index contributed by atoms with van der Waals surface area (Å²) in [5.74, 6) is 0.582. The first-order valence-electron chi connectivity index (χ1n) is 5.10. The Kier molecular flexibility index (Phi) is 4.29. The molecule has 0 saturated carbocycles. The summed E-state index contributed by atoms with van der Waals surface area (Å²) in [4.78, 5) is 0. The first-order chi connectivity index (χ1) is 7.37. The van der Waals surface area contributed by atoms with Gasteiger partial charge in [0, 0.05) is 0 Å². The standard InChI is InChI=1S/C11H15FO3S/c1-9(2)6-7-10-4-3-5-11(8-10)15-16(12,13)14/h3-5,8-9H,6-7H2,1-2H3. The smallest absolute Gasteiger partial charge is 0.358 e. The maximum absolute atomic E-state index is 12.3. The molecular weight excluding hydrogens is 231 g/mol. The summed E-state index contributed by atoms with van der Waals surface area (Å²) in [6.07, 6.45) is 1.81. The molecular formula is C11H15FO3S. The van der Waals surface area contributed by atoms with Crippen LogP contribution < -0.4 is 4.18 Å². The molecule has 1 rings (SSSR count). The monoisotopic (exact) mass is 246 g/mol. The number of hydrogen-bond donors (Lipinski definition) is 0. The third-order valence-electron chi connectivity index (χ3n) is 2.10. The van der Waals surface area contributed by atoms with Gasteiger partial charge < -0.3 is 4.18 Å². The molecule has 1 aromatic carbocycles. The van der Waals surface area contributed by atoms with Gasteiger partial charge in [-0.3, -0.25) is 0 Å². The summed E-state index contributed by atoms with van der Waals surface area (Å²) in [5.41, 5.74) is 0.940. The maximum atomic E-state index is 12.3. The van der Waals surface area contributed by atoms with Gasteiger partial charge >= 0.3 is 10.5 Å². The molecule has 5 heteroatoms. The largest absolute Gasteiger partial charge is 0.488 e. The van der Waals surface area contributed by atoms with Crippen LogP contribution in [0.5, 0.6) is 5.75 Å². The van der Waals surface area contributed by atoms with Crippen molar-refractivity contribution in [2.75, 3.05) is 0 Å². The van der Waals surface area contributed by atoms with Crippen LogP contribution in [-0.4, -0.2) is 8.42 Å². The first kappa shape index (κ1) is 13.0. The van der Waals surface area contributed by atoms with E-state index in [4.69, 9.17) is 0 Å². The van der Waals surface area contributed by atoms with Crippen LogP contribution in [0.25, 0.3) is 0 Å². The lowest BCUT2D eigenvalue weighted by molar-refractivity contribution is 0.440. The fourth-order valence-electron chi connectivity index (χ4n) is 1.32. The highest BCUT2D eigenvalue weighted by atomic mass is 32.3. The van der Waals surface area contributed by atoms with Gasteiger partial charge in [0.25, 0.3) is 0 Å². The van der Waals surface area contributed by atoms with Crippen molar-refractivity contribution in [3.05, 3.63) is 29.8 Å². The molecule has 0 bridgehead atoms. The van der Waals surface area contributed by atoms with Crippen molar-refractivity contribution >= 4 is 10.5 Å². The van der Waals surface area contributed by atoms with Crippen LogP contribution in [0.4, 0.5) is 3.89 Å². The Bertz CT molecular complexity index is 440. The number of halogens is 1. The minimum atomic E-state index is -4.93. The van der Waals surface area contributed by atoms with Crippen LogP contribution >= 0.6 is 0 Å². The van der Waals surface area contributed by atoms with Crippen molar-refractivity contribution in [1.29, 1.82) is 0 Å². The Hall–Kier alpha value is -1.10. The molecule has 0 N–H and O–H groups in total. The predicted octanol–water partition coefficient (Wildman–Crippen LogP) is 2.87. The molecule has 0 aliphatic rings. The van der Waals surface area contributed by atoms with Crippen LogP contribution in [0.1, 0.15) is 25.8 Å². The molecule has 0 radical (unpaired) electrons. The Morgan fingerprint density at radius 2 is 2.06 bits per heavy atom. The maximum Gasteiger partial charge on any atom is 0.488 e. The van der Waals surface area contributed by atoms with E-state index in [0.29, 0.717) is 5.92 Å². The highest BCUT2D eigenvalue weighted by Crippen LogP contribution is 2.18. The highest BCUT2D eigenvalue weighted by molar-refractivity contribution is 7.81. The van der Waals surface area contributed by atoms with E-state index in [1.807, 2.05) is 6.07 Å². The lowest BCUT2D eigenvalue weighted by atomic mass is 10.0. The fourth-order valence-corrected chi connectivity index (χ4v) is 1.66. The number of hydrogen-bond acceptors (Lipinski definition) is 3. The Balaban J connectivity index is 2.71. The summed E-state index contributed by atoms with van der Waals surface area (Å²) in [6, 6.07) is 6.46. The summed E-state index contributed by atoms with van der Waals surface area (Å²) in [6.45, 7) is 4.21. The molecule has 16 heavy (non-hydrogen) atoms. The minimum absolute atomic E-state index is 0.0174. The molecule has 0 aliphatic carbocycles. The van der Waals surface area contributed by atoms with Crippen LogP contribution in [0.2, 0.25) is 0 Å². The van der Waals surface area contributed by atoms with Gasteiger partial charge in [-0.1, -0.05) is 29.9 Å². The topological polar surface area (TPSA) is 43.4 Å². The quantitative estimate of drug-likeness (QED) is 0.750. The van der Waals surface area contributed by atoms with Crippen LogP contribution in [0, 0.1) is 5.92 Å². The second kappa shape index (κ2) is 5.30. The Morgan fingerprint density at radius 3 is 2.62 bits per heavy atom. The van der Waals surface area contributed by atoms with Gasteiger partial charge in [-0.2, -0.15) is 8.42 Å². The Morgan fingerprint density at radius 1 is 1.38 bits per heavy atom. The van der Waals surface area contributed by atoms with Crippen molar-refractivity contribution in [3.8, 4) is 5.75 Å². The number of rotatable bonds is 5. The zero-order chi connectivity index (χ0) is 12.2. The zero-order valence-corrected chi connectivity index (χ0v) is 10.1. The average molecular weight is 246 g/mol. The summed E-state index contributed by atoms with van der Waals surface area (Å²) in [5, 5.41) is 0. The molecule has 0 heterocycles. The fraction of sp³-hybridized carbons (Fsp3) is 0.455. The van der Waals surface area contributed by atoms with E-state index in [1.165, 1.54) is 6.07 Å². The van der Waals surface area contributed by atoms with E-state index >= 15 is 0 Å². The van der Waals surface area contributed by atoms with E-state index in [2.05, 4.69) is 18.0 Å². The molecule has 0 fully saturated rings. The van der Waals surface area contributed by atoms with Crippen molar-refractivity contribution in [2.24, 2.45) is 5.92 Å². The summed E-state index contributed by atoms with van der Waals surface area (Å²) < 4.78 is 37.0. The van der Waals surface area contributed by atoms with Gasteiger partial charge in [0.15, 0.2) is 0 Å². The van der Waals surface area contributed by atoms with Crippen LogP contribution in [0.15, 0.2) is 24.3 Å². The summed E-state index contributed by atoms with van der Waals surface area (Å²) >= 11 is 0. The molecule has 0 unspecified atom stereocenters. The van der Waals surface area contributed by atoms with E-state index in [0.717, 1.165) is 18.4 Å². The second-order valence-electron chi connectivity index (χ2n) is 4.06. The number of aryl methyl sites for hydroxylation is 1. The Labute approximate surface area is 95.7 Å².